The van der Waals surface area contributed by atoms with Gasteiger partial charge in [-0.15, -0.1) is 0 Å². The smallest absolute Gasteiger partial charge is 0.308 e. The first-order valence-electron chi connectivity index (χ1n) is 8.76. The summed E-state index contributed by atoms with van der Waals surface area (Å²) in [6, 6.07) is 12.1. The molecule has 0 N–H and O–H groups in total. The van der Waals surface area contributed by atoms with E-state index in [0.29, 0.717) is 12.1 Å². The number of hydrogen-bond donors (Lipinski definition) is 0. The Kier molecular flexibility index (Phi) is 6.96. The van der Waals surface area contributed by atoms with Gasteiger partial charge < -0.3 is 9.08 Å². The molecule has 2 aromatic carbocycles. The minimum atomic E-state index is -3.62. The summed E-state index contributed by atoms with van der Waals surface area (Å²) in [6.45, 7) is 6.30. The van der Waals surface area contributed by atoms with Crippen LogP contribution >= 0.6 is 0 Å². The third-order valence-electron chi connectivity index (χ3n) is 3.81. The Bertz CT molecular complexity index is 879. The number of carbonyl (C=O) groups excluding carboxylic acids is 1. The van der Waals surface area contributed by atoms with E-state index >= 15 is 0 Å². The maximum Gasteiger partial charge on any atom is 0.308 e. The lowest BCUT2D eigenvalue weighted by atomic mass is 10.1. The van der Waals surface area contributed by atoms with Gasteiger partial charge in [0.15, 0.2) is 0 Å². The fourth-order valence-electron chi connectivity index (χ4n) is 2.56. The number of halogens is 1. The summed E-state index contributed by atoms with van der Waals surface area (Å²) in [5.41, 5.74) is 1.15. The molecule has 0 unspecified atom stereocenters. The van der Waals surface area contributed by atoms with Crippen LogP contribution in [0.25, 0.3) is 0 Å². The lowest BCUT2D eigenvalue weighted by Gasteiger charge is -2.25. The highest BCUT2D eigenvalue weighted by Gasteiger charge is 2.18. The van der Waals surface area contributed by atoms with Crippen LogP contribution in [0.4, 0.5) is 4.39 Å². The van der Waals surface area contributed by atoms with Crippen molar-refractivity contribution < 1.29 is 21.8 Å². The molecule has 7 heteroatoms. The second-order valence-corrected chi connectivity index (χ2v) is 8.52. The van der Waals surface area contributed by atoms with E-state index in [1.54, 1.807) is 29.2 Å². The number of carbonyl (C=O) groups is 1. The van der Waals surface area contributed by atoms with Crippen LogP contribution in [0.5, 0.6) is 5.75 Å². The first kappa shape index (κ1) is 20.9. The van der Waals surface area contributed by atoms with Gasteiger partial charge in [0.1, 0.15) is 11.6 Å². The third kappa shape index (κ3) is 6.36. The van der Waals surface area contributed by atoms with Gasteiger partial charge >= 0.3 is 10.1 Å². The maximum absolute atomic E-state index is 13.1. The number of hydrogen-bond acceptors (Lipinski definition) is 4. The largest absolute Gasteiger partial charge is 0.382 e. The van der Waals surface area contributed by atoms with Gasteiger partial charge in [-0.3, -0.25) is 4.79 Å². The van der Waals surface area contributed by atoms with Gasteiger partial charge in [0.2, 0.25) is 0 Å². The summed E-state index contributed by atoms with van der Waals surface area (Å²) in [4.78, 5) is 14.5. The molecule has 146 valence electrons. The maximum atomic E-state index is 13.1. The normalized spacial score (nSPS) is 11.4. The van der Waals surface area contributed by atoms with Gasteiger partial charge in [0, 0.05) is 18.7 Å². The Balaban J connectivity index is 2.23. The van der Waals surface area contributed by atoms with Crippen molar-refractivity contribution >= 4 is 16.0 Å². The fourth-order valence-corrected chi connectivity index (χ4v) is 3.07. The Morgan fingerprint density at radius 2 is 1.81 bits per heavy atom. The zero-order valence-corrected chi connectivity index (χ0v) is 16.5. The SMILES string of the molecule is CCS(=O)(=O)Oc1cccc(CN(CC(C)C)C(=O)c2ccc(F)cc2)c1. The molecule has 5 nitrogen and oxygen atoms in total. The minimum absolute atomic E-state index is 0.125. The standard InChI is InChI=1S/C20H24FNO4S/c1-4-27(24,25)26-19-7-5-6-16(12-19)14-22(13-15(2)3)20(23)17-8-10-18(21)11-9-17/h5-12,15H,4,13-14H2,1-3H3. The molecule has 0 spiro atoms. The van der Waals surface area contributed by atoms with Crippen LogP contribution in [0.3, 0.4) is 0 Å². The lowest BCUT2D eigenvalue weighted by Crippen LogP contribution is -2.33. The molecule has 0 bridgehead atoms. The van der Waals surface area contributed by atoms with E-state index < -0.39 is 15.9 Å². The van der Waals surface area contributed by atoms with Crippen molar-refractivity contribution in [2.75, 3.05) is 12.3 Å². The average Bonchev–Trinajstić information content (AvgIpc) is 2.61. The number of rotatable bonds is 8. The lowest BCUT2D eigenvalue weighted by molar-refractivity contribution is 0.0722. The van der Waals surface area contributed by atoms with Crippen LogP contribution < -0.4 is 4.18 Å². The van der Waals surface area contributed by atoms with Gasteiger partial charge in [-0.05, 0) is 54.8 Å². The molecule has 0 heterocycles. The molecule has 0 aromatic heterocycles. The quantitative estimate of drug-likeness (QED) is 0.639. The van der Waals surface area contributed by atoms with E-state index in [1.807, 2.05) is 13.8 Å². The highest BCUT2D eigenvalue weighted by molar-refractivity contribution is 7.87. The summed E-state index contributed by atoms with van der Waals surface area (Å²) in [7, 11) is -3.62. The van der Waals surface area contributed by atoms with Crippen molar-refractivity contribution in [3.63, 3.8) is 0 Å². The molecule has 0 radical (unpaired) electrons. The van der Waals surface area contributed by atoms with Crippen molar-refractivity contribution in [3.05, 3.63) is 65.5 Å². The zero-order chi connectivity index (χ0) is 20.0. The Morgan fingerprint density at radius 1 is 1.15 bits per heavy atom. The van der Waals surface area contributed by atoms with Gasteiger partial charge in [-0.1, -0.05) is 26.0 Å². The molecule has 0 atom stereocenters. The van der Waals surface area contributed by atoms with Crippen LogP contribution in [-0.2, 0) is 16.7 Å². The van der Waals surface area contributed by atoms with Crippen LogP contribution in [0.2, 0.25) is 0 Å². The van der Waals surface area contributed by atoms with Gasteiger partial charge in [0.25, 0.3) is 5.91 Å². The van der Waals surface area contributed by atoms with Crippen molar-refractivity contribution in [1.29, 1.82) is 0 Å². The predicted molar refractivity (Wildman–Crippen MR) is 103 cm³/mol. The third-order valence-corrected chi connectivity index (χ3v) is 4.97. The van der Waals surface area contributed by atoms with Crippen molar-refractivity contribution in [3.8, 4) is 5.75 Å². The van der Waals surface area contributed by atoms with Crippen molar-refractivity contribution in [1.82, 2.24) is 4.90 Å². The van der Waals surface area contributed by atoms with Crippen LogP contribution in [-0.4, -0.2) is 31.5 Å². The first-order valence-corrected chi connectivity index (χ1v) is 10.3. The molecule has 2 aromatic rings. The second-order valence-electron chi connectivity index (χ2n) is 6.66. The van der Waals surface area contributed by atoms with Gasteiger partial charge in [-0.25, -0.2) is 4.39 Å². The predicted octanol–water partition coefficient (Wildman–Crippen LogP) is 3.85. The molecule has 0 aliphatic heterocycles. The number of benzene rings is 2. The first-order chi connectivity index (χ1) is 12.7. The molecule has 2 rings (SSSR count). The molecule has 1 amide bonds. The van der Waals surface area contributed by atoms with Crippen molar-refractivity contribution in [2.24, 2.45) is 5.92 Å². The second kappa shape index (κ2) is 8.99. The molecule has 0 saturated carbocycles. The summed E-state index contributed by atoms with van der Waals surface area (Å²) in [5.74, 6) is -0.290. The zero-order valence-electron chi connectivity index (χ0n) is 15.7. The monoisotopic (exact) mass is 393 g/mol. The minimum Gasteiger partial charge on any atom is -0.382 e. The molecular weight excluding hydrogens is 369 g/mol. The van der Waals surface area contributed by atoms with E-state index in [4.69, 9.17) is 4.18 Å². The summed E-state index contributed by atoms with van der Waals surface area (Å²) in [6.07, 6.45) is 0. The topological polar surface area (TPSA) is 63.7 Å². The summed E-state index contributed by atoms with van der Waals surface area (Å²) < 4.78 is 41.5. The van der Waals surface area contributed by atoms with E-state index in [9.17, 15) is 17.6 Å². The summed E-state index contributed by atoms with van der Waals surface area (Å²) >= 11 is 0. The highest BCUT2D eigenvalue weighted by Crippen LogP contribution is 2.19. The van der Waals surface area contributed by atoms with E-state index in [0.717, 1.165) is 5.56 Å². The number of nitrogens with zero attached hydrogens (tertiary/aromatic N) is 1. The van der Waals surface area contributed by atoms with Gasteiger partial charge in [0.05, 0.1) is 5.75 Å². The number of amides is 1. The Hall–Kier alpha value is -2.41. The molecular formula is C20H24FNO4S. The molecule has 0 fully saturated rings. The Labute approximate surface area is 159 Å². The molecule has 27 heavy (non-hydrogen) atoms. The van der Waals surface area contributed by atoms with Crippen LogP contribution in [0.15, 0.2) is 48.5 Å². The molecule has 0 saturated heterocycles. The van der Waals surface area contributed by atoms with E-state index in [-0.39, 0.29) is 29.9 Å². The fraction of sp³-hybridized carbons (Fsp3) is 0.350. The van der Waals surface area contributed by atoms with Crippen LogP contribution in [0, 0.1) is 11.7 Å². The average molecular weight is 393 g/mol. The molecule has 0 aliphatic rings. The van der Waals surface area contributed by atoms with Gasteiger partial charge in [-0.2, -0.15) is 8.42 Å². The van der Waals surface area contributed by atoms with E-state index in [2.05, 4.69) is 0 Å². The highest BCUT2D eigenvalue weighted by atomic mass is 32.2. The van der Waals surface area contributed by atoms with Crippen LogP contribution in [0.1, 0.15) is 36.7 Å². The summed E-state index contributed by atoms with van der Waals surface area (Å²) in [5, 5.41) is 0. The van der Waals surface area contributed by atoms with Crippen molar-refractivity contribution in [2.45, 2.75) is 27.3 Å². The molecule has 0 aliphatic carbocycles. The Morgan fingerprint density at radius 3 is 2.41 bits per heavy atom. The van der Waals surface area contributed by atoms with E-state index in [1.165, 1.54) is 31.2 Å².